The fourth-order valence-corrected chi connectivity index (χ4v) is 8.12. The summed E-state index contributed by atoms with van der Waals surface area (Å²) in [7, 11) is -3.89. The van der Waals surface area contributed by atoms with Gasteiger partial charge in [0.25, 0.3) is 11.8 Å². The molecule has 262 valence electrons. The first-order valence-corrected chi connectivity index (χ1v) is 18.6. The molecule has 2 aromatic carbocycles. The van der Waals surface area contributed by atoms with Crippen molar-refractivity contribution in [1.29, 1.82) is 0 Å². The molecule has 3 aliphatic carbocycles. The van der Waals surface area contributed by atoms with Crippen LogP contribution in [-0.2, 0) is 29.2 Å². The fourth-order valence-electron chi connectivity index (χ4n) is 6.76. The Labute approximate surface area is 286 Å². The molecular weight excluding hydrogens is 646 g/mol. The van der Waals surface area contributed by atoms with E-state index < -0.39 is 68.0 Å². The number of benzene rings is 2. The number of amides is 5. The maximum atomic E-state index is 14.4. The van der Waals surface area contributed by atoms with Gasteiger partial charge in [0.1, 0.15) is 17.6 Å². The quantitative estimate of drug-likeness (QED) is 0.248. The Morgan fingerprint density at radius 2 is 1.71 bits per heavy atom. The molecule has 0 bridgehead atoms. The Morgan fingerprint density at radius 3 is 2.35 bits per heavy atom. The number of hydrogen-bond acceptors (Lipinski definition) is 7. The summed E-state index contributed by atoms with van der Waals surface area (Å²) in [6.07, 6.45) is 4.87. The van der Waals surface area contributed by atoms with E-state index in [0.29, 0.717) is 30.7 Å². The van der Waals surface area contributed by atoms with Gasteiger partial charge in [0.05, 0.1) is 5.25 Å². The van der Waals surface area contributed by atoms with Gasteiger partial charge in [0.2, 0.25) is 27.7 Å². The molecule has 3 saturated carbocycles. The summed E-state index contributed by atoms with van der Waals surface area (Å²) in [4.78, 5) is 69.9. The van der Waals surface area contributed by atoms with E-state index in [1.807, 2.05) is 51.1 Å². The summed E-state index contributed by atoms with van der Waals surface area (Å²) in [5.41, 5.74) is -1.81. The number of fused-ring (bicyclic) bond motifs is 1. The van der Waals surface area contributed by atoms with Gasteiger partial charge >= 0.3 is 0 Å². The summed E-state index contributed by atoms with van der Waals surface area (Å²) in [5, 5.41) is 9.70. The first-order chi connectivity index (χ1) is 23.1. The third-order valence-corrected chi connectivity index (χ3v) is 11.9. The summed E-state index contributed by atoms with van der Waals surface area (Å²) < 4.78 is 27.4. The highest BCUT2D eigenvalue weighted by Gasteiger charge is 2.62. The van der Waals surface area contributed by atoms with Crippen molar-refractivity contribution in [2.75, 3.05) is 6.54 Å². The number of carbonyl (C=O) groups excluding carboxylic acids is 5. The molecule has 49 heavy (non-hydrogen) atoms. The fraction of sp³-hybridized carbons (Fsp3) is 0.528. The topological polar surface area (TPSA) is 171 Å². The van der Waals surface area contributed by atoms with Crippen LogP contribution >= 0.6 is 0 Å². The Balaban J connectivity index is 1.26. The van der Waals surface area contributed by atoms with Crippen LogP contribution in [0.1, 0.15) is 76.1 Å². The second-order valence-electron chi connectivity index (χ2n) is 15.1. The average Bonchev–Trinajstić information content (AvgIpc) is 3.94. The third kappa shape index (κ3) is 7.36. The number of rotatable bonds is 12. The average molecular weight is 692 g/mol. The molecule has 1 aliphatic heterocycles. The van der Waals surface area contributed by atoms with Crippen LogP contribution in [0.4, 0.5) is 0 Å². The molecule has 4 aliphatic rings. The standard InChI is InChI=1S/C36H45N5O7S/c1-5-23-19-36(23,34(46)40-49(47,48)25-15-16-25)39-32(44)28-18-24(37-31(43)27-12-8-10-22-9-6-7-11-26(22)27)20-41(28)33(45)30(35(2,3)4)38-29(42)17-21-13-14-21/h5-12,21,23-25,28,30H,1,13-20H2,2-4H3,(H,37,43)(H,38,42)(H,39,44)(H,40,46)/t23?,24-,28+,30-,36?/m1/s1. The highest BCUT2D eigenvalue weighted by atomic mass is 32.2. The molecule has 1 heterocycles. The number of nitrogens with zero attached hydrogens (tertiary/aromatic N) is 1. The first-order valence-electron chi connectivity index (χ1n) is 17.0. The molecule has 2 aromatic rings. The van der Waals surface area contributed by atoms with E-state index in [1.54, 1.807) is 12.1 Å². The highest BCUT2D eigenvalue weighted by Crippen LogP contribution is 2.45. The molecule has 13 heteroatoms. The number of sulfonamides is 1. The van der Waals surface area contributed by atoms with Gasteiger partial charge < -0.3 is 20.9 Å². The number of carbonyl (C=O) groups is 5. The predicted octanol–water partition coefficient (Wildman–Crippen LogP) is 2.54. The van der Waals surface area contributed by atoms with Crippen molar-refractivity contribution in [2.45, 2.75) is 94.6 Å². The largest absolute Gasteiger partial charge is 0.347 e. The number of hydrogen-bond donors (Lipinski definition) is 4. The van der Waals surface area contributed by atoms with E-state index in [2.05, 4.69) is 27.3 Å². The predicted molar refractivity (Wildman–Crippen MR) is 183 cm³/mol. The van der Waals surface area contributed by atoms with Crippen LogP contribution in [0.3, 0.4) is 0 Å². The molecule has 5 atom stereocenters. The molecule has 4 fully saturated rings. The lowest BCUT2D eigenvalue weighted by Crippen LogP contribution is -2.60. The van der Waals surface area contributed by atoms with E-state index in [0.717, 1.165) is 23.6 Å². The van der Waals surface area contributed by atoms with Gasteiger partial charge in [-0.1, -0.05) is 63.2 Å². The Morgan fingerprint density at radius 1 is 1.02 bits per heavy atom. The molecule has 2 unspecified atom stereocenters. The molecule has 1 saturated heterocycles. The molecule has 0 radical (unpaired) electrons. The Bertz CT molecular complexity index is 1810. The van der Waals surface area contributed by atoms with Crippen LogP contribution in [0.25, 0.3) is 10.8 Å². The van der Waals surface area contributed by atoms with Gasteiger partial charge in [-0.2, -0.15) is 0 Å². The summed E-state index contributed by atoms with van der Waals surface area (Å²) in [6, 6.07) is 10.2. The minimum atomic E-state index is -3.89. The van der Waals surface area contributed by atoms with Gasteiger partial charge in [-0.25, -0.2) is 8.42 Å². The lowest BCUT2D eigenvalue weighted by Gasteiger charge is -2.35. The zero-order valence-electron chi connectivity index (χ0n) is 28.2. The van der Waals surface area contributed by atoms with Crippen molar-refractivity contribution in [1.82, 2.24) is 25.6 Å². The van der Waals surface area contributed by atoms with Crippen molar-refractivity contribution in [3.05, 3.63) is 60.7 Å². The summed E-state index contributed by atoms with van der Waals surface area (Å²) in [6.45, 7) is 9.23. The van der Waals surface area contributed by atoms with Crippen molar-refractivity contribution in [3.8, 4) is 0 Å². The minimum absolute atomic E-state index is 0.0152. The first kappa shape index (κ1) is 34.6. The van der Waals surface area contributed by atoms with E-state index >= 15 is 0 Å². The zero-order chi connectivity index (χ0) is 35.3. The van der Waals surface area contributed by atoms with E-state index in [4.69, 9.17) is 0 Å². The van der Waals surface area contributed by atoms with Crippen molar-refractivity contribution < 1.29 is 32.4 Å². The highest BCUT2D eigenvalue weighted by molar-refractivity contribution is 7.91. The molecule has 6 rings (SSSR count). The van der Waals surface area contributed by atoms with Gasteiger partial charge in [0.15, 0.2) is 0 Å². The van der Waals surface area contributed by atoms with Crippen molar-refractivity contribution >= 4 is 50.3 Å². The maximum Gasteiger partial charge on any atom is 0.259 e. The zero-order valence-corrected chi connectivity index (χ0v) is 29.0. The summed E-state index contributed by atoms with van der Waals surface area (Å²) >= 11 is 0. The monoisotopic (exact) mass is 691 g/mol. The normalized spacial score (nSPS) is 25.6. The SMILES string of the molecule is C=CC1CC1(NC(=O)[C@@H]1C[C@@H](NC(=O)c2cccc3ccccc23)CN1C(=O)[C@@H](NC(=O)CC1CC1)C(C)(C)C)C(=O)NS(=O)(=O)C1CC1. The van der Waals surface area contributed by atoms with Crippen LogP contribution in [-0.4, -0.2) is 78.3 Å². The molecule has 4 N–H and O–H groups in total. The maximum absolute atomic E-state index is 14.4. The third-order valence-electron chi connectivity index (χ3n) is 10.1. The van der Waals surface area contributed by atoms with Crippen molar-refractivity contribution in [3.63, 3.8) is 0 Å². The second-order valence-corrected chi connectivity index (χ2v) is 17.1. The van der Waals surface area contributed by atoms with E-state index in [-0.39, 0.29) is 31.2 Å². The smallest absolute Gasteiger partial charge is 0.259 e. The Kier molecular flexibility index (Phi) is 9.10. The molecule has 5 amide bonds. The minimum Gasteiger partial charge on any atom is -0.347 e. The van der Waals surface area contributed by atoms with Gasteiger partial charge in [-0.3, -0.25) is 28.7 Å². The number of nitrogens with one attached hydrogen (secondary N) is 4. The van der Waals surface area contributed by atoms with E-state index in [1.165, 1.54) is 11.0 Å². The molecule has 0 spiro atoms. The second kappa shape index (κ2) is 12.9. The lowest BCUT2D eigenvalue weighted by atomic mass is 9.85. The van der Waals surface area contributed by atoms with E-state index in [9.17, 15) is 32.4 Å². The van der Waals surface area contributed by atoms with Gasteiger partial charge in [-0.05, 0) is 66.7 Å². The van der Waals surface area contributed by atoms with Gasteiger partial charge in [0, 0.05) is 30.5 Å². The van der Waals surface area contributed by atoms with Crippen LogP contribution in [0.15, 0.2) is 55.1 Å². The molecule has 12 nitrogen and oxygen atoms in total. The van der Waals surface area contributed by atoms with Crippen LogP contribution in [0.2, 0.25) is 0 Å². The molecule has 0 aromatic heterocycles. The number of likely N-dealkylation sites (tertiary alicyclic amines) is 1. The van der Waals surface area contributed by atoms with Gasteiger partial charge in [-0.15, -0.1) is 6.58 Å². The van der Waals surface area contributed by atoms with Crippen molar-refractivity contribution in [2.24, 2.45) is 17.3 Å². The summed E-state index contributed by atoms with van der Waals surface area (Å²) in [5.74, 6) is -2.79. The Hall–Kier alpha value is -4.26. The van der Waals surface area contributed by atoms with Crippen LogP contribution in [0.5, 0.6) is 0 Å². The lowest BCUT2D eigenvalue weighted by molar-refractivity contribution is -0.144. The molecular formula is C36H45N5O7S. The van der Waals surface area contributed by atoms with Crippen LogP contribution in [0, 0.1) is 17.3 Å². The van der Waals surface area contributed by atoms with Crippen LogP contribution < -0.4 is 20.7 Å².